The van der Waals surface area contributed by atoms with Gasteiger partial charge in [0.25, 0.3) is 17.4 Å². The number of rotatable bonds is 5. The summed E-state index contributed by atoms with van der Waals surface area (Å²) >= 11 is 9.77. The van der Waals surface area contributed by atoms with Gasteiger partial charge in [-0.15, -0.1) is 0 Å². The standard InChI is InChI=1S/C17H14N4O4S2/c1-3-20-14(24)10(12(22)18-16(20)26)8-6-5-7-9-11-13(23)19-17(27)21(4-2)15(11)25/h3-9,24H,1-2H2,(H,18,22,26)(H,19,23,27)/b7-5+,8-6+,11-9+. The maximum atomic E-state index is 12.1. The minimum absolute atomic E-state index is 0.0106. The average Bonchev–Trinajstić information content (AvgIpc) is 2.59. The third-order valence-electron chi connectivity index (χ3n) is 3.40. The Morgan fingerprint density at radius 3 is 2.37 bits per heavy atom. The van der Waals surface area contributed by atoms with Crippen LogP contribution in [-0.4, -0.2) is 36.5 Å². The maximum Gasteiger partial charge on any atom is 0.269 e. The first-order valence-corrected chi connectivity index (χ1v) is 8.20. The van der Waals surface area contributed by atoms with E-state index in [1.54, 1.807) is 0 Å². The Morgan fingerprint density at radius 2 is 1.74 bits per heavy atom. The molecule has 27 heavy (non-hydrogen) atoms. The molecule has 0 aliphatic carbocycles. The summed E-state index contributed by atoms with van der Waals surface area (Å²) < 4.78 is 1.15. The van der Waals surface area contributed by atoms with Crippen LogP contribution in [0, 0.1) is 4.77 Å². The summed E-state index contributed by atoms with van der Waals surface area (Å²) in [5, 5.41) is 12.4. The number of H-pyrrole nitrogens is 1. The van der Waals surface area contributed by atoms with Gasteiger partial charge in [-0.3, -0.25) is 34.2 Å². The van der Waals surface area contributed by atoms with Gasteiger partial charge >= 0.3 is 0 Å². The van der Waals surface area contributed by atoms with Crippen LogP contribution in [0.4, 0.5) is 0 Å². The Balaban J connectivity index is 2.26. The van der Waals surface area contributed by atoms with Crippen molar-refractivity contribution in [1.29, 1.82) is 0 Å². The summed E-state index contributed by atoms with van der Waals surface area (Å²) in [6.07, 6.45) is 9.43. The minimum Gasteiger partial charge on any atom is -0.494 e. The number of hydrogen-bond donors (Lipinski definition) is 3. The second-order valence-electron chi connectivity index (χ2n) is 4.99. The molecule has 0 bridgehead atoms. The quantitative estimate of drug-likeness (QED) is 0.299. The van der Waals surface area contributed by atoms with Crippen LogP contribution in [0.1, 0.15) is 5.56 Å². The molecule has 1 fully saturated rings. The van der Waals surface area contributed by atoms with Crippen molar-refractivity contribution < 1.29 is 14.7 Å². The number of nitrogens with zero attached hydrogens (tertiary/aromatic N) is 2. The van der Waals surface area contributed by atoms with E-state index in [0.717, 1.165) is 9.47 Å². The van der Waals surface area contributed by atoms with Crippen molar-refractivity contribution in [2.75, 3.05) is 0 Å². The molecule has 0 spiro atoms. The van der Waals surface area contributed by atoms with Gasteiger partial charge in [-0.05, 0) is 36.6 Å². The molecule has 0 atom stereocenters. The normalized spacial score (nSPS) is 16.4. The van der Waals surface area contributed by atoms with Crippen molar-refractivity contribution in [3.05, 3.63) is 69.9 Å². The van der Waals surface area contributed by atoms with Gasteiger partial charge < -0.3 is 5.11 Å². The monoisotopic (exact) mass is 402 g/mol. The summed E-state index contributed by atoms with van der Waals surface area (Å²) in [7, 11) is 0. The largest absolute Gasteiger partial charge is 0.494 e. The lowest BCUT2D eigenvalue weighted by Crippen LogP contribution is -2.51. The van der Waals surface area contributed by atoms with Gasteiger partial charge in [0.15, 0.2) is 9.88 Å². The molecule has 2 rings (SSSR count). The van der Waals surface area contributed by atoms with Gasteiger partial charge in [-0.1, -0.05) is 31.4 Å². The summed E-state index contributed by atoms with van der Waals surface area (Å²) in [4.78, 5) is 39.3. The fourth-order valence-corrected chi connectivity index (χ4v) is 2.60. The summed E-state index contributed by atoms with van der Waals surface area (Å²) in [5.74, 6) is -1.59. The molecule has 1 saturated heterocycles. The zero-order valence-corrected chi connectivity index (χ0v) is 15.5. The number of carbonyl (C=O) groups is 2. The second-order valence-corrected chi connectivity index (χ2v) is 5.76. The van der Waals surface area contributed by atoms with Crippen molar-refractivity contribution in [3.63, 3.8) is 0 Å². The van der Waals surface area contributed by atoms with Crippen LogP contribution in [0.15, 0.2) is 54.0 Å². The molecular weight excluding hydrogens is 388 g/mol. The van der Waals surface area contributed by atoms with Gasteiger partial charge in [0.05, 0.1) is 0 Å². The molecule has 0 unspecified atom stereocenters. The number of thiocarbonyl (C=S) groups is 1. The number of aromatic nitrogens is 2. The van der Waals surface area contributed by atoms with E-state index in [2.05, 4.69) is 23.5 Å². The first-order chi connectivity index (χ1) is 12.8. The lowest BCUT2D eigenvalue weighted by molar-refractivity contribution is -0.127. The molecule has 1 aromatic heterocycles. The van der Waals surface area contributed by atoms with E-state index < -0.39 is 17.4 Å². The Labute approximate surface area is 164 Å². The topological polar surface area (TPSA) is 107 Å². The van der Waals surface area contributed by atoms with E-state index in [4.69, 9.17) is 24.4 Å². The number of aromatic hydroxyl groups is 1. The Bertz CT molecular complexity index is 1060. The number of hydrogen-bond acceptors (Lipinski definition) is 6. The van der Waals surface area contributed by atoms with Crippen molar-refractivity contribution in [2.45, 2.75) is 0 Å². The molecule has 0 radical (unpaired) electrons. The van der Waals surface area contributed by atoms with Crippen LogP contribution in [0.2, 0.25) is 0 Å². The van der Waals surface area contributed by atoms with Crippen molar-refractivity contribution in [2.24, 2.45) is 0 Å². The number of allylic oxidation sites excluding steroid dienone is 4. The smallest absolute Gasteiger partial charge is 0.269 e. The SMILES string of the molecule is C=CN1C(=O)/C(=C/C=C/C=C/c2c(O)n(C=C)c(=S)[nH]c2=O)C(=O)NC1=S. The Morgan fingerprint density at radius 1 is 1.04 bits per heavy atom. The molecular formula is C17H14N4O4S2. The highest BCUT2D eigenvalue weighted by Crippen LogP contribution is 2.15. The van der Waals surface area contributed by atoms with Gasteiger partial charge in [-0.25, -0.2) is 0 Å². The highest BCUT2D eigenvalue weighted by Gasteiger charge is 2.31. The first-order valence-electron chi connectivity index (χ1n) is 7.38. The molecule has 10 heteroatoms. The molecule has 2 amide bonds. The average molecular weight is 402 g/mol. The molecule has 138 valence electrons. The third kappa shape index (κ3) is 4.07. The van der Waals surface area contributed by atoms with Crippen LogP contribution < -0.4 is 10.9 Å². The van der Waals surface area contributed by atoms with E-state index >= 15 is 0 Å². The lowest BCUT2D eigenvalue weighted by atomic mass is 10.1. The fourth-order valence-electron chi connectivity index (χ4n) is 2.10. The van der Waals surface area contributed by atoms with Crippen LogP contribution in [-0.2, 0) is 9.59 Å². The van der Waals surface area contributed by atoms with Gasteiger partial charge in [0.1, 0.15) is 11.1 Å². The lowest BCUT2D eigenvalue weighted by Gasteiger charge is -2.25. The maximum absolute atomic E-state index is 12.1. The predicted molar refractivity (Wildman–Crippen MR) is 108 cm³/mol. The predicted octanol–water partition coefficient (Wildman–Crippen LogP) is 1.59. The van der Waals surface area contributed by atoms with E-state index in [9.17, 15) is 19.5 Å². The molecule has 0 aromatic carbocycles. The van der Waals surface area contributed by atoms with Crippen LogP contribution in [0.3, 0.4) is 0 Å². The van der Waals surface area contributed by atoms with E-state index in [0.29, 0.717) is 0 Å². The Hall–Kier alpha value is -3.37. The molecule has 1 aromatic rings. The molecule has 1 aliphatic rings. The third-order valence-corrected chi connectivity index (χ3v) is 4.00. The fraction of sp³-hybridized carbons (Fsp3) is 0. The number of carbonyl (C=O) groups excluding carboxylic acids is 2. The summed E-state index contributed by atoms with van der Waals surface area (Å²) in [5.41, 5.74) is -0.736. The van der Waals surface area contributed by atoms with Crippen molar-refractivity contribution in [3.8, 4) is 5.88 Å². The van der Waals surface area contributed by atoms with Gasteiger partial charge in [0, 0.05) is 12.4 Å². The van der Waals surface area contributed by atoms with E-state index in [1.807, 2.05) is 0 Å². The zero-order valence-electron chi connectivity index (χ0n) is 13.8. The van der Waals surface area contributed by atoms with Gasteiger partial charge in [-0.2, -0.15) is 0 Å². The minimum atomic E-state index is -0.626. The van der Waals surface area contributed by atoms with Gasteiger partial charge in [0.2, 0.25) is 5.88 Å². The first kappa shape index (κ1) is 19.9. The summed E-state index contributed by atoms with van der Waals surface area (Å²) in [6.45, 7) is 6.96. The van der Waals surface area contributed by atoms with Crippen LogP contribution in [0.5, 0.6) is 5.88 Å². The Kier molecular flexibility index (Phi) is 6.16. The molecule has 0 saturated carbocycles. The molecule has 2 heterocycles. The molecule has 1 aliphatic heterocycles. The molecule has 3 N–H and O–H groups in total. The second kappa shape index (κ2) is 8.34. The number of nitrogens with one attached hydrogen (secondary N) is 2. The number of aromatic amines is 1. The zero-order chi connectivity index (χ0) is 20.1. The highest BCUT2D eigenvalue weighted by molar-refractivity contribution is 7.80. The number of amides is 2. The van der Waals surface area contributed by atoms with E-state index in [1.165, 1.54) is 42.8 Å². The molecule has 8 nitrogen and oxygen atoms in total. The highest BCUT2D eigenvalue weighted by atomic mass is 32.1. The van der Waals surface area contributed by atoms with Crippen molar-refractivity contribution in [1.82, 2.24) is 19.8 Å². The van der Waals surface area contributed by atoms with Crippen molar-refractivity contribution >= 4 is 53.6 Å². The van der Waals surface area contributed by atoms with Crippen LogP contribution >= 0.6 is 24.4 Å². The van der Waals surface area contributed by atoms with Crippen LogP contribution in [0.25, 0.3) is 12.3 Å². The van der Waals surface area contributed by atoms with E-state index in [-0.39, 0.29) is 26.9 Å². The summed E-state index contributed by atoms with van der Waals surface area (Å²) in [6, 6.07) is 0.